The first-order valence-corrected chi connectivity index (χ1v) is 11.3. The lowest BCUT2D eigenvalue weighted by atomic mass is 10.1. The first kappa shape index (κ1) is 25.7. The fourth-order valence-electron chi connectivity index (χ4n) is 2.80. The third-order valence-corrected chi connectivity index (χ3v) is 5.07. The lowest BCUT2D eigenvalue weighted by Gasteiger charge is -2.29. The predicted molar refractivity (Wildman–Crippen MR) is 118 cm³/mol. The van der Waals surface area contributed by atoms with Crippen LogP contribution in [0.4, 0.5) is 9.59 Å². The van der Waals surface area contributed by atoms with Gasteiger partial charge in [-0.1, -0.05) is 19.4 Å². The maximum atomic E-state index is 13.3. The van der Waals surface area contributed by atoms with E-state index in [2.05, 4.69) is 17.6 Å². The summed E-state index contributed by atoms with van der Waals surface area (Å²) >= 11 is 1.59. The molecule has 0 saturated carbocycles. The molecule has 3 amide bonds. The van der Waals surface area contributed by atoms with Crippen molar-refractivity contribution in [3.8, 4) is 0 Å². The molecule has 170 valence electrons. The topological polar surface area (TPSA) is 108 Å². The molecule has 0 bridgehead atoms. The third kappa shape index (κ3) is 11.0. The van der Waals surface area contributed by atoms with Crippen molar-refractivity contribution in [2.45, 2.75) is 78.0 Å². The maximum Gasteiger partial charge on any atom is 0.408 e. The van der Waals surface area contributed by atoms with Gasteiger partial charge in [-0.3, -0.25) is 4.79 Å². The van der Waals surface area contributed by atoms with Crippen LogP contribution in [0.15, 0.2) is 17.5 Å². The summed E-state index contributed by atoms with van der Waals surface area (Å²) in [7, 11) is 0. The molecule has 1 aromatic rings. The molecule has 3 N–H and O–H groups in total. The Bertz CT molecular complexity index is 658. The van der Waals surface area contributed by atoms with Crippen LogP contribution in [-0.2, 0) is 16.1 Å². The number of carboxylic acid groups (broad SMARTS) is 1. The normalized spacial score (nSPS) is 12.1. The zero-order valence-corrected chi connectivity index (χ0v) is 19.2. The quantitative estimate of drug-likeness (QED) is 0.421. The minimum absolute atomic E-state index is 0.145. The van der Waals surface area contributed by atoms with Gasteiger partial charge in [-0.25, -0.2) is 9.59 Å². The van der Waals surface area contributed by atoms with Crippen LogP contribution in [0.2, 0.25) is 0 Å². The second-order valence-corrected chi connectivity index (χ2v) is 9.15. The molecule has 0 saturated heterocycles. The van der Waals surface area contributed by atoms with Crippen molar-refractivity contribution < 1.29 is 24.2 Å². The summed E-state index contributed by atoms with van der Waals surface area (Å²) in [6.07, 6.45) is 1.70. The van der Waals surface area contributed by atoms with Crippen LogP contribution in [0, 0.1) is 0 Å². The van der Waals surface area contributed by atoms with Crippen molar-refractivity contribution in [3.05, 3.63) is 22.4 Å². The van der Waals surface area contributed by atoms with Gasteiger partial charge in [-0.15, -0.1) is 11.3 Å². The van der Waals surface area contributed by atoms with Crippen molar-refractivity contribution in [1.29, 1.82) is 0 Å². The molecule has 1 aromatic heterocycles. The van der Waals surface area contributed by atoms with Crippen molar-refractivity contribution >= 4 is 29.4 Å². The van der Waals surface area contributed by atoms with Gasteiger partial charge in [0.1, 0.15) is 11.6 Å². The van der Waals surface area contributed by atoms with Crippen molar-refractivity contribution in [3.63, 3.8) is 0 Å². The van der Waals surface area contributed by atoms with Gasteiger partial charge in [0, 0.05) is 18.0 Å². The van der Waals surface area contributed by atoms with E-state index in [-0.39, 0.29) is 5.91 Å². The number of thiophene rings is 1. The van der Waals surface area contributed by atoms with Crippen LogP contribution in [0.5, 0.6) is 0 Å². The van der Waals surface area contributed by atoms with E-state index in [1.165, 1.54) is 0 Å². The van der Waals surface area contributed by atoms with Crippen molar-refractivity contribution in [1.82, 2.24) is 15.5 Å². The van der Waals surface area contributed by atoms with Gasteiger partial charge in [-0.2, -0.15) is 0 Å². The highest BCUT2D eigenvalue weighted by Crippen LogP contribution is 2.16. The van der Waals surface area contributed by atoms with Gasteiger partial charge in [0.05, 0.1) is 6.54 Å². The summed E-state index contributed by atoms with van der Waals surface area (Å²) in [6.45, 7) is 8.79. The van der Waals surface area contributed by atoms with Gasteiger partial charge >= 0.3 is 12.2 Å². The largest absolute Gasteiger partial charge is 0.465 e. The molecular formula is C21H35N3O5S. The maximum absolute atomic E-state index is 13.3. The molecule has 9 heteroatoms. The van der Waals surface area contributed by atoms with E-state index in [0.29, 0.717) is 38.9 Å². The number of hydrogen-bond donors (Lipinski definition) is 3. The third-order valence-electron chi connectivity index (χ3n) is 4.20. The summed E-state index contributed by atoms with van der Waals surface area (Å²) in [4.78, 5) is 39.1. The Morgan fingerprint density at radius 2 is 1.97 bits per heavy atom. The predicted octanol–water partition coefficient (Wildman–Crippen LogP) is 4.21. The van der Waals surface area contributed by atoms with Gasteiger partial charge in [0.25, 0.3) is 0 Å². The van der Waals surface area contributed by atoms with Gasteiger partial charge in [0.15, 0.2) is 0 Å². The van der Waals surface area contributed by atoms with E-state index in [9.17, 15) is 14.4 Å². The zero-order valence-electron chi connectivity index (χ0n) is 18.4. The minimum Gasteiger partial charge on any atom is -0.465 e. The Hall–Kier alpha value is -2.29. The first-order chi connectivity index (χ1) is 14.1. The molecule has 0 aromatic carbocycles. The number of nitrogens with zero attached hydrogens (tertiary/aromatic N) is 1. The number of alkyl carbamates (subject to hydrolysis) is 1. The highest BCUT2D eigenvalue weighted by atomic mass is 32.1. The van der Waals surface area contributed by atoms with Gasteiger partial charge < -0.3 is 25.4 Å². The molecule has 0 aliphatic rings. The molecule has 0 fully saturated rings. The van der Waals surface area contributed by atoms with E-state index in [1.54, 1.807) is 37.0 Å². The van der Waals surface area contributed by atoms with Crippen molar-refractivity contribution in [2.24, 2.45) is 0 Å². The smallest absolute Gasteiger partial charge is 0.408 e. The number of carbonyl (C=O) groups is 3. The molecule has 0 radical (unpaired) electrons. The molecule has 0 aliphatic heterocycles. The Kier molecular flexibility index (Phi) is 11.2. The molecule has 0 spiro atoms. The number of carbonyl (C=O) groups excluding carboxylic acids is 2. The molecule has 8 nitrogen and oxygen atoms in total. The summed E-state index contributed by atoms with van der Waals surface area (Å²) in [5.74, 6) is -0.145. The van der Waals surface area contributed by atoms with Gasteiger partial charge in [-0.05, 0) is 57.9 Å². The van der Waals surface area contributed by atoms with E-state index in [0.717, 1.165) is 17.7 Å². The van der Waals surface area contributed by atoms with E-state index >= 15 is 0 Å². The Morgan fingerprint density at radius 1 is 1.23 bits per heavy atom. The summed E-state index contributed by atoms with van der Waals surface area (Å²) < 4.78 is 5.34. The van der Waals surface area contributed by atoms with Crippen LogP contribution in [0.1, 0.15) is 64.7 Å². The van der Waals surface area contributed by atoms with Crippen molar-refractivity contribution in [2.75, 3.05) is 13.1 Å². The summed E-state index contributed by atoms with van der Waals surface area (Å²) in [5.41, 5.74) is -0.665. The van der Waals surface area contributed by atoms with Crippen LogP contribution in [0.3, 0.4) is 0 Å². The van der Waals surface area contributed by atoms with E-state index in [1.807, 2.05) is 17.5 Å². The van der Waals surface area contributed by atoms with E-state index < -0.39 is 23.8 Å². The number of unbranched alkanes of at least 4 members (excludes halogenated alkanes) is 2. The minimum atomic E-state index is -1.07. The number of ether oxygens (including phenoxy) is 1. The lowest BCUT2D eigenvalue weighted by molar-refractivity contribution is -0.134. The molecule has 1 atom stereocenters. The second kappa shape index (κ2) is 13.1. The van der Waals surface area contributed by atoms with Crippen LogP contribution < -0.4 is 10.6 Å². The van der Waals surface area contributed by atoms with E-state index in [4.69, 9.17) is 9.84 Å². The molecule has 0 aliphatic carbocycles. The number of rotatable bonds is 12. The molecule has 0 unspecified atom stereocenters. The highest BCUT2D eigenvalue weighted by Gasteiger charge is 2.28. The lowest BCUT2D eigenvalue weighted by Crippen LogP contribution is -2.49. The second-order valence-electron chi connectivity index (χ2n) is 8.12. The standard InChI is InChI=1S/C21H35N3O5S/c1-5-6-13-24(15-16-10-9-14-30-16)18(25)17(11-7-8-12-22-19(26)27)23-20(28)29-21(2,3)4/h9-10,14,17,22H,5-8,11-13,15H2,1-4H3,(H,23,28)(H,26,27)/t17-/m0/s1. The molecule has 1 rings (SSSR count). The average Bonchev–Trinajstić information content (AvgIpc) is 3.14. The highest BCUT2D eigenvalue weighted by molar-refractivity contribution is 7.09. The number of amides is 3. The monoisotopic (exact) mass is 441 g/mol. The summed E-state index contributed by atoms with van der Waals surface area (Å²) in [5, 5.41) is 15.7. The Balaban J connectivity index is 2.83. The average molecular weight is 442 g/mol. The van der Waals surface area contributed by atoms with Crippen LogP contribution in [-0.4, -0.2) is 52.8 Å². The first-order valence-electron chi connectivity index (χ1n) is 10.4. The van der Waals surface area contributed by atoms with Crippen LogP contribution >= 0.6 is 11.3 Å². The zero-order chi connectivity index (χ0) is 22.6. The number of nitrogens with one attached hydrogen (secondary N) is 2. The SMILES string of the molecule is CCCCN(Cc1cccs1)C(=O)[C@H](CCCCNC(=O)O)NC(=O)OC(C)(C)C. The summed E-state index contributed by atoms with van der Waals surface area (Å²) in [6, 6.07) is 3.22. The Labute approximate surface area is 183 Å². The Morgan fingerprint density at radius 3 is 2.53 bits per heavy atom. The fourth-order valence-corrected chi connectivity index (χ4v) is 3.52. The number of hydrogen-bond acceptors (Lipinski definition) is 5. The molecular weight excluding hydrogens is 406 g/mol. The molecule has 1 heterocycles. The fraction of sp³-hybridized carbons (Fsp3) is 0.667. The van der Waals surface area contributed by atoms with Crippen LogP contribution in [0.25, 0.3) is 0 Å². The van der Waals surface area contributed by atoms with Gasteiger partial charge in [0.2, 0.25) is 5.91 Å². The molecule has 30 heavy (non-hydrogen) atoms.